The largest absolute Gasteiger partial charge is 0.462 e. The van der Waals surface area contributed by atoms with Crippen molar-refractivity contribution in [2.75, 3.05) is 12.3 Å². The molecule has 0 aliphatic carbocycles. The molecule has 1 aromatic carbocycles. The minimum Gasteiger partial charge on any atom is -0.462 e. The Hall–Kier alpha value is -3.64. The molecule has 0 saturated heterocycles. The van der Waals surface area contributed by atoms with Crippen molar-refractivity contribution in [3.8, 4) is 11.8 Å². The number of aromatic nitrogens is 2. The third kappa shape index (κ3) is 4.62. The summed E-state index contributed by atoms with van der Waals surface area (Å²) in [6.45, 7) is 1.62. The van der Waals surface area contributed by atoms with Gasteiger partial charge in [-0.2, -0.15) is 10.4 Å². The topological polar surface area (TPSA) is 120 Å². The minimum atomic E-state index is -0.596. The van der Waals surface area contributed by atoms with E-state index in [-0.39, 0.29) is 40.6 Å². The third-order valence-corrected chi connectivity index (χ3v) is 5.03. The van der Waals surface area contributed by atoms with Gasteiger partial charge in [0.05, 0.1) is 30.5 Å². The number of hydrogen-bond donors (Lipinski definition) is 1. The smallest absolute Gasteiger partial charge is 0.348 e. The molecule has 0 atom stereocenters. The normalized spacial score (nSPS) is 10.3. The van der Waals surface area contributed by atoms with Crippen LogP contribution in [0.25, 0.3) is 5.69 Å². The Morgan fingerprint density at radius 3 is 2.72 bits per heavy atom. The third-order valence-electron chi connectivity index (χ3n) is 3.99. The van der Waals surface area contributed by atoms with Gasteiger partial charge in [0.15, 0.2) is 0 Å². The molecule has 29 heavy (non-hydrogen) atoms. The number of thiophene rings is 1. The van der Waals surface area contributed by atoms with E-state index >= 15 is 0 Å². The highest BCUT2D eigenvalue weighted by molar-refractivity contribution is 7.18. The van der Waals surface area contributed by atoms with Crippen LogP contribution in [0.4, 0.5) is 5.00 Å². The van der Waals surface area contributed by atoms with E-state index < -0.39 is 11.9 Å². The van der Waals surface area contributed by atoms with Gasteiger partial charge in [-0.15, -0.1) is 11.3 Å². The summed E-state index contributed by atoms with van der Waals surface area (Å²) in [5, 5.41) is 13.7. The number of ether oxygens (including phenoxy) is 2. The van der Waals surface area contributed by atoms with Crippen molar-refractivity contribution in [3.05, 3.63) is 64.3 Å². The average Bonchev–Trinajstić information content (AvgIpc) is 3.31. The zero-order valence-corrected chi connectivity index (χ0v) is 16.4. The van der Waals surface area contributed by atoms with Crippen molar-refractivity contribution in [3.63, 3.8) is 0 Å². The van der Waals surface area contributed by atoms with E-state index in [4.69, 9.17) is 15.2 Å². The molecular weight excluding hydrogens is 392 g/mol. The number of hydrogen-bond acceptors (Lipinski definition) is 8. The number of anilines is 1. The first-order chi connectivity index (χ1) is 14.0. The Balaban J connectivity index is 1.68. The molecule has 148 valence electrons. The van der Waals surface area contributed by atoms with E-state index in [9.17, 15) is 14.9 Å². The molecule has 0 aliphatic heterocycles. The number of nitriles is 1. The van der Waals surface area contributed by atoms with Crippen molar-refractivity contribution < 1.29 is 19.1 Å². The highest BCUT2D eigenvalue weighted by Crippen LogP contribution is 2.31. The molecule has 0 saturated carbocycles. The average molecular weight is 410 g/mol. The number of nitrogen functional groups attached to an aromatic ring is 1. The Morgan fingerprint density at radius 1 is 1.28 bits per heavy atom. The molecule has 0 bridgehead atoms. The summed E-state index contributed by atoms with van der Waals surface area (Å²) in [5.41, 5.74) is 7.75. The molecule has 2 heterocycles. The standard InChI is InChI=1S/C20H18N4O4S/c1-2-27-20(26)18-16(15(9-21)19(22)29-18)12-28-17(25)8-13-10-23-24(11-13)14-6-4-3-5-7-14/h3-7,10-11H,2,8,12,22H2,1H3. The number of esters is 2. The van der Waals surface area contributed by atoms with Crippen LogP contribution in [-0.2, 0) is 27.3 Å². The second-order valence-corrected chi connectivity index (χ2v) is 7.00. The molecule has 2 N–H and O–H groups in total. The van der Waals surface area contributed by atoms with E-state index in [0.29, 0.717) is 5.56 Å². The summed E-state index contributed by atoms with van der Waals surface area (Å²) in [6.07, 6.45) is 3.33. The predicted octanol–water partition coefficient (Wildman–Crippen LogP) is 2.85. The summed E-state index contributed by atoms with van der Waals surface area (Å²) in [4.78, 5) is 24.5. The van der Waals surface area contributed by atoms with Crippen molar-refractivity contribution >= 4 is 28.3 Å². The lowest BCUT2D eigenvalue weighted by Crippen LogP contribution is -2.11. The molecule has 0 unspecified atom stereocenters. The summed E-state index contributed by atoms with van der Waals surface area (Å²) >= 11 is 0.946. The van der Waals surface area contributed by atoms with Gasteiger partial charge < -0.3 is 15.2 Å². The van der Waals surface area contributed by atoms with Crippen LogP contribution < -0.4 is 5.73 Å². The van der Waals surface area contributed by atoms with E-state index in [1.54, 1.807) is 24.0 Å². The zero-order chi connectivity index (χ0) is 20.8. The van der Waals surface area contributed by atoms with Crippen LogP contribution in [0.5, 0.6) is 0 Å². The molecule has 0 fully saturated rings. The Kier molecular flexibility index (Phi) is 6.26. The number of para-hydroxylation sites is 1. The van der Waals surface area contributed by atoms with Gasteiger partial charge in [0.1, 0.15) is 22.6 Å². The number of benzene rings is 1. The second-order valence-electron chi connectivity index (χ2n) is 5.95. The number of carbonyl (C=O) groups excluding carboxylic acids is 2. The van der Waals surface area contributed by atoms with Crippen molar-refractivity contribution in [2.24, 2.45) is 0 Å². The van der Waals surface area contributed by atoms with E-state index in [2.05, 4.69) is 5.10 Å². The maximum absolute atomic E-state index is 12.3. The van der Waals surface area contributed by atoms with Crippen LogP contribution in [0.1, 0.15) is 33.3 Å². The Bertz CT molecular complexity index is 1070. The molecule has 9 heteroatoms. The van der Waals surface area contributed by atoms with Gasteiger partial charge >= 0.3 is 11.9 Å². The van der Waals surface area contributed by atoms with Gasteiger partial charge in [-0.1, -0.05) is 18.2 Å². The van der Waals surface area contributed by atoms with Crippen LogP contribution >= 0.6 is 11.3 Å². The maximum atomic E-state index is 12.3. The summed E-state index contributed by atoms with van der Waals surface area (Å²) < 4.78 is 11.9. The van der Waals surface area contributed by atoms with Gasteiger partial charge in [0.2, 0.25) is 0 Å². The van der Waals surface area contributed by atoms with Gasteiger partial charge in [0.25, 0.3) is 0 Å². The van der Waals surface area contributed by atoms with Crippen LogP contribution in [0.15, 0.2) is 42.7 Å². The molecule has 2 aromatic heterocycles. The number of rotatable bonds is 7. The quantitative estimate of drug-likeness (QED) is 0.595. The van der Waals surface area contributed by atoms with Crippen molar-refractivity contribution in [2.45, 2.75) is 20.0 Å². The van der Waals surface area contributed by atoms with Gasteiger partial charge in [0, 0.05) is 17.3 Å². The van der Waals surface area contributed by atoms with Gasteiger partial charge in [-0.3, -0.25) is 4.79 Å². The van der Waals surface area contributed by atoms with Crippen LogP contribution in [0.2, 0.25) is 0 Å². The fourth-order valence-electron chi connectivity index (χ4n) is 2.65. The fourth-order valence-corrected chi connectivity index (χ4v) is 3.57. The molecule has 3 rings (SSSR count). The van der Waals surface area contributed by atoms with E-state index in [1.807, 2.05) is 36.4 Å². The maximum Gasteiger partial charge on any atom is 0.348 e. The van der Waals surface area contributed by atoms with Gasteiger partial charge in [-0.25, -0.2) is 9.48 Å². The lowest BCUT2D eigenvalue weighted by Gasteiger charge is -2.06. The van der Waals surface area contributed by atoms with E-state index in [0.717, 1.165) is 17.0 Å². The number of nitrogens with two attached hydrogens (primary N) is 1. The summed E-state index contributed by atoms with van der Waals surface area (Å²) in [7, 11) is 0. The minimum absolute atomic E-state index is 0.00306. The monoisotopic (exact) mass is 410 g/mol. The van der Waals surface area contributed by atoms with Crippen LogP contribution in [-0.4, -0.2) is 28.3 Å². The highest BCUT2D eigenvalue weighted by atomic mass is 32.1. The zero-order valence-electron chi connectivity index (χ0n) is 15.6. The molecule has 0 spiro atoms. The van der Waals surface area contributed by atoms with Gasteiger partial charge in [-0.05, 0) is 19.1 Å². The lowest BCUT2D eigenvalue weighted by molar-refractivity contribution is -0.144. The molecule has 0 radical (unpaired) electrons. The second kappa shape index (κ2) is 9.03. The highest BCUT2D eigenvalue weighted by Gasteiger charge is 2.24. The van der Waals surface area contributed by atoms with Crippen LogP contribution in [0.3, 0.4) is 0 Å². The number of nitrogens with zero attached hydrogens (tertiary/aromatic N) is 3. The first kappa shape index (κ1) is 20.1. The first-order valence-electron chi connectivity index (χ1n) is 8.76. The van der Waals surface area contributed by atoms with E-state index in [1.165, 1.54) is 0 Å². The molecule has 8 nitrogen and oxygen atoms in total. The summed E-state index contributed by atoms with van der Waals surface area (Å²) in [6, 6.07) is 11.4. The lowest BCUT2D eigenvalue weighted by atomic mass is 10.1. The Labute approximate surface area is 171 Å². The van der Waals surface area contributed by atoms with Crippen molar-refractivity contribution in [1.29, 1.82) is 5.26 Å². The Morgan fingerprint density at radius 2 is 2.03 bits per heavy atom. The molecule has 3 aromatic rings. The number of carbonyl (C=O) groups is 2. The molecule has 0 amide bonds. The molecule has 0 aliphatic rings. The van der Waals surface area contributed by atoms with Crippen molar-refractivity contribution in [1.82, 2.24) is 9.78 Å². The molecular formula is C20H18N4O4S. The predicted molar refractivity (Wildman–Crippen MR) is 106 cm³/mol. The summed E-state index contributed by atoms with van der Waals surface area (Å²) in [5.74, 6) is -1.11. The first-order valence-corrected chi connectivity index (χ1v) is 9.58. The van der Waals surface area contributed by atoms with Crippen LogP contribution in [0, 0.1) is 11.3 Å². The SMILES string of the molecule is CCOC(=O)c1sc(N)c(C#N)c1COC(=O)Cc1cnn(-c2ccccc2)c1. The fraction of sp³-hybridized carbons (Fsp3) is 0.200.